The number of carbonyl (C=O) groups excluding carboxylic acids is 1. The maximum absolute atomic E-state index is 12.2. The molecule has 4 rings (SSSR count). The molecule has 172 valence electrons. The number of amides is 1. The molecule has 2 aromatic rings. The number of rotatable bonds is 6. The average Bonchev–Trinajstić information content (AvgIpc) is 3.24. The summed E-state index contributed by atoms with van der Waals surface area (Å²) in [5, 5.41) is 9.85. The van der Waals surface area contributed by atoms with Crippen molar-refractivity contribution in [2.75, 3.05) is 19.6 Å². The summed E-state index contributed by atoms with van der Waals surface area (Å²) in [6.45, 7) is 3.76. The molecule has 0 saturated heterocycles. The van der Waals surface area contributed by atoms with Crippen LogP contribution in [0.25, 0.3) is 0 Å². The standard InChI is InChI=1S/C24H31N5O2.HI/c1-2-26-23(28-15-14-27-22(30)18-8-7-13-25-17-18)29-20-16-24(11-5-6-12-24)31-21-10-4-3-9-19(20)21;/h3-4,7-10,13,17,20H,2,5-6,11-12,14-16H2,1H3,(H,27,30)(H2,26,28,29);1H. The zero-order valence-corrected chi connectivity index (χ0v) is 20.8. The lowest BCUT2D eigenvalue weighted by Gasteiger charge is -2.40. The van der Waals surface area contributed by atoms with Gasteiger partial charge in [0.25, 0.3) is 5.91 Å². The van der Waals surface area contributed by atoms with Gasteiger partial charge in [0.1, 0.15) is 11.4 Å². The molecule has 1 aromatic heterocycles. The lowest BCUT2D eigenvalue weighted by molar-refractivity contribution is 0.0396. The first kappa shape index (κ1) is 24.3. The third-order valence-corrected chi connectivity index (χ3v) is 5.96. The fourth-order valence-corrected chi connectivity index (χ4v) is 4.49. The average molecular weight is 549 g/mol. The van der Waals surface area contributed by atoms with Crippen molar-refractivity contribution in [3.8, 4) is 5.75 Å². The zero-order valence-electron chi connectivity index (χ0n) is 18.5. The Morgan fingerprint density at radius 3 is 2.75 bits per heavy atom. The van der Waals surface area contributed by atoms with Crippen molar-refractivity contribution in [1.29, 1.82) is 0 Å². The molecular formula is C24H32IN5O2. The molecule has 1 fully saturated rings. The Kier molecular flexibility index (Phi) is 8.72. The number of ether oxygens (including phenoxy) is 1. The summed E-state index contributed by atoms with van der Waals surface area (Å²) >= 11 is 0. The Balaban J connectivity index is 0.00000289. The van der Waals surface area contributed by atoms with Gasteiger partial charge in [-0.1, -0.05) is 18.2 Å². The molecule has 2 heterocycles. The second-order valence-corrected chi connectivity index (χ2v) is 8.19. The molecule has 1 spiro atoms. The molecule has 7 nitrogen and oxygen atoms in total. The molecule has 1 aliphatic carbocycles. The zero-order chi connectivity index (χ0) is 21.5. The van der Waals surface area contributed by atoms with E-state index in [4.69, 9.17) is 4.74 Å². The highest BCUT2D eigenvalue weighted by Crippen LogP contribution is 2.46. The summed E-state index contributed by atoms with van der Waals surface area (Å²) in [7, 11) is 0. The van der Waals surface area contributed by atoms with Crippen LogP contribution < -0.4 is 20.7 Å². The molecule has 0 radical (unpaired) electrons. The molecule has 1 atom stereocenters. The van der Waals surface area contributed by atoms with Crippen LogP contribution in [0.2, 0.25) is 0 Å². The number of carbonyl (C=O) groups is 1. The number of hydrogen-bond donors (Lipinski definition) is 3. The number of guanidine groups is 1. The van der Waals surface area contributed by atoms with E-state index in [1.165, 1.54) is 18.4 Å². The summed E-state index contributed by atoms with van der Waals surface area (Å²) in [5.74, 6) is 1.60. The molecule has 3 N–H and O–H groups in total. The maximum atomic E-state index is 12.2. The highest BCUT2D eigenvalue weighted by molar-refractivity contribution is 14.0. The molecule has 1 unspecified atom stereocenters. The monoisotopic (exact) mass is 549 g/mol. The summed E-state index contributed by atoms with van der Waals surface area (Å²) < 4.78 is 6.47. The van der Waals surface area contributed by atoms with Crippen LogP contribution in [0.1, 0.15) is 61.0 Å². The Labute approximate surface area is 206 Å². The summed E-state index contributed by atoms with van der Waals surface area (Å²) in [6, 6.07) is 11.9. The van der Waals surface area contributed by atoms with Crippen LogP contribution in [0.15, 0.2) is 53.8 Å². The smallest absolute Gasteiger partial charge is 0.252 e. The SMILES string of the molecule is CCNC(=NCCNC(=O)c1cccnc1)NC1CC2(CCCC2)Oc2ccccc21.I. The van der Waals surface area contributed by atoms with Gasteiger partial charge in [-0.15, -0.1) is 24.0 Å². The van der Waals surface area contributed by atoms with Crippen LogP contribution in [0.4, 0.5) is 0 Å². The van der Waals surface area contributed by atoms with Crippen LogP contribution in [-0.4, -0.2) is 42.1 Å². The third kappa shape index (κ3) is 5.90. The van der Waals surface area contributed by atoms with Crippen molar-refractivity contribution in [2.24, 2.45) is 4.99 Å². The van der Waals surface area contributed by atoms with Crippen LogP contribution in [0.3, 0.4) is 0 Å². The highest BCUT2D eigenvalue weighted by Gasteiger charge is 2.43. The first-order chi connectivity index (χ1) is 15.2. The topological polar surface area (TPSA) is 87.6 Å². The van der Waals surface area contributed by atoms with E-state index in [0.717, 1.165) is 37.5 Å². The molecule has 1 amide bonds. The van der Waals surface area contributed by atoms with Gasteiger partial charge >= 0.3 is 0 Å². The Morgan fingerprint density at radius 1 is 1.19 bits per heavy atom. The van der Waals surface area contributed by atoms with Crippen molar-refractivity contribution >= 4 is 35.8 Å². The highest BCUT2D eigenvalue weighted by atomic mass is 127. The number of nitrogens with one attached hydrogen (secondary N) is 3. The van der Waals surface area contributed by atoms with E-state index in [1.54, 1.807) is 24.5 Å². The number of nitrogens with zero attached hydrogens (tertiary/aromatic N) is 2. The summed E-state index contributed by atoms with van der Waals surface area (Å²) in [6.07, 6.45) is 8.80. The van der Waals surface area contributed by atoms with Crippen LogP contribution in [-0.2, 0) is 0 Å². The lowest BCUT2D eigenvalue weighted by Crippen LogP contribution is -2.46. The number of halogens is 1. The summed E-state index contributed by atoms with van der Waals surface area (Å²) in [4.78, 5) is 20.8. The van der Waals surface area contributed by atoms with Gasteiger partial charge in [0.15, 0.2) is 5.96 Å². The van der Waals surface area contributed by atoms with E-state index < -0.39 is 0 Å². The van der Waals surface area contributed by atoms with Gasteiger partial charge in [0.05, 0.1) is 18.2 Å². The molecular weight excluding hydrogens is 517 g/mol. The van der Waals surface area contributed by atoms with Crippen LogP contribution >= 0.6 is 24.0 Å². The second kappa shape index (κ2) is 11.5. The van der Waals surface area contributed by atoms with Gasteiger partial charge in [0.2, 0.25) is 0 Å². The predicted molar refractivity (Wildman–Crippen MR) is 137 cm³/mol. The first-order valence-corrected chi connectivity index (χ1v) is 11.2. The molecule has 2 aliphatic rings. The number of fused-ring (bicyclic) bond motifs is 1. The third-order valence-electron chi connectivity index (χ3n) is 5.96. The minimum Gasteiger partial charge on any atom is -0.487 e. The number of aliphatic imine (C=N–C) groups is 1. The number of pyridine rings is 1. The normalized spacial score (nSPS) is 18.8. The van der Waals surface area contributed by atoms with Crippen LogP contribution in [0.5, 0.6) is 5.75 Å². The summed E-state index contributed by atoms with van der Waals surface area (Å²) in [5.41, 5.74) is 1.66. The van der Waals surface area contributed by atoms with E-state index in [9.17, 15) is 4.79 Å². The number of benzene rings is 1. The first-order valence-electron chi connectivity index (χ1n) is 11.2. The lowest BCUT2D eigenvalue weighted by atomic mass is 9.86. The van der Waals surface area contributed by atoms with Crippen molar-refractivity contribution in [3.63, 3.8) is 0 Å². The van der Waals surface area contributed by atoms with Gasteiger partial charge in [-0.05, 0) is 50.8 Å². The fraction of sp³-hybridized carbons (Fsp3) is 0.458. The van der Waals surface area contributed by atoms with E-state index >= 15 is 0 Å². The molecule has 1 saturated carbocycles. The van der Waals surface area contributed by atoms with Gasteiger partial charge in [-0.3, -0.25) is 14.8 Å². The van der Waals surface area contributed by atoms with Gasteiger partial charge in [0, 0.05) is 37.5 Å². The van der Waals surface area contributed by atoms with Crippen LogP contribution in [0, 0.1) is 0 Å². The van der Waals surface area contributed by atoms with Crippen molar-refractivity contribution in [3.05, 3.63) is 59.9 Å². The largest absolute Gasteiger partial charge is 0.487 e. The quantitative estimate of drug-likeness (QED) is 0.221. The van der Waals surface area contributed by atoms with Crippen molar-refractivity contribution < 1.29 is 9.53 Å². The Morgan fingerprint density at radius 2 is 2.00 bits per heavy atom. The number of hydrogen-bond acceptors (Lipinski definition) is 4. The maximum Gasteiger partial charge on any atom is 0.252 e. The van der Waals surface area contributed by atoms with Crippen molar-refractivity contribution in [1.82, 2.24) is 20.9 Å². The van der Waals surface area contributed by atoms with Gasteiger partial charge in [-0.2, -0.15) is 0 Å². The fourth-order valence-electron chi connectivity index (χ4n) is 4.49. The number of aromatic nitrogens is 1. The Hall–Kier alpha value is -2.36. The number of para-hydroxylation sites is 1. The minimum atomic E-state index is -0.136. The van der Waals surface area contributed by atoms with E-state index in [2.05, 4.69) is 51.0 Å². The van der Waals surface area contributed by atoms with E-state index in [-0.39, 0.29) is 41.5 Å². The molecule has 32 heavy (non-hydrogen) atoms. The van der Waals surface area contributed by atoms with Gasteiger partial charge < -0.3 is 20.7 Å². The predicted octanol–water partition coefficient (Wildman–Crippen LogP) is 3.82. The molecule has 0 bridgehead atoms. The molecule has 8 heteroatoms. The molecule has 1 aliphatic heterocycles. The van der Waals surface area contributed by atoms with E-state index in [1.807, 2.05) is 6.07 Å². The van der Waals surface area contributed by atoms with Crippen molar-refractivity contribution in [2.45, 2.75) is 50.7 Å². The van der Waals surface area contributed by atoms with E-state index in [0.29, 0.717) is 18.7 Å². The second-order valence-electron chi connectivity index (χ2n) is 8.19. The van der Waals surface area contributed by atoms with Gasteiger partial charge in [-0.25, -0.2) is 0 Å². The molecule has 1 aromatic carbocycles. The Bertz CT molecular complexity index is 916. The minimum absolute atomic E-state index is 0.